The highest BCUT2D eigenvalue weighted by Gasteiger charge is 2.36. The van der Waals surface area contributed by atoms with E-state index in [1.807, 2.05) is 13.8 Å². The molecule has 0 aliphatic heterocycles. The first-order valence-electron chi connectivity index (χ1n) is 6.25. The van der Waals surface area contributed by atoms with Crippen LogP contribution in [0.4, 0.5) is 0 Å². The second kappa shape index (κ2) is 7.25. The molecule has 2 atom stereocenters. The van der Waals surface area contributed by atoms with Gasteiger partial charge in [0.1, 0.15) is 11.5 Å². The Kier molecular flexibility index (Phi) is 5.97. The fraction of sp³-hybridized carbons (Fsp3) is 0.500. The normalized spacial score (nSPS) is 12.7. The summed E-state index contributed by atoms with van der Waals surface area (Å²) in [4.78, 5) is 12.3. The first-order valence-corrected chi connectivity index (χ1v) is 7.69. The standard InChI is InChI=1S/C14H20O4P/c1-5-10(2)9-19(16)14(15)13-11(17-3)7-6-8-12(13)18-4/h6-8,10H,5,9H2,1-4H3/q+1. The minimum absolute atomic E-state index is 0.258. The summed E-state index contributed by atoms with van der Waals surface area (Å²) < 4.78 is 22.5. The number of carbonyl (C=O) groups is 1. The quantitative estimate of drug-likeness (QED) is 0.716. The highest BCUT2D eigenvalue weighted by Crippen LogP contribution is 2.38. The van der Waals surface area contributed by atoms with Crippen molar-refractivity contribution in [1.82, 2.24) is 0 Å². The molecule has 4 nitrogen and oxygen atoms in total. The van der Waals surface area contributed by atoms with Crippen LogP contribution in [0.5, 0.6) is 11.5 Å². The van der Waals surface area contributed by atoms with Gasteiger partial charge in [0.2, 0.25) is 0 Å². The van der Waals surface area contributed by atoms with Crippen molar-refractivity contribution in [1.29, 1.82) is 0 Å². The van der Waals surface area contributed by atoms with Crippen molar-refractivity contribution in [3.8, 4) is 11.5 Å². The molecule has 1 aromatic carbocycles. The second-order valence-corrected chi connectivity index (χ2v) is 5.95. The van der Waals surface area contributed by atoms with Crippen LogP contribution in [0.25, 0.3) is 0 Å². The third-order valence-corrected chi connectivity index (χ3v) is 4.67. The zero-order valence-electron chi connectivity index (χ0n) is 11.8. The van der Waals surface area contributed by atoms with E-state index in [0.29, 0.717) is 17.7 Å². The maximum Gasteiger partial charge on any atom is 0.420 e. The molecular weight excluding hydrogens is 263 g/mol. The van der Waals surface area contributed by atoms with Gasteiger partial charge in [-0.1, -0.05) is 24.5 Å². The van der Waals surface area contributed by atoms with Crippen LogP contribution in [-0.2, 0) is 4.57 Å². The van der Waals surface area contributed by atoms with Crippen LogP contribution in [0.1, 0.15) is 30.6 Å². The van der Waals surface area contributed by atoms with Crippen molar-refractivity contribution in [3.63, 3.8) is 0 Å². The number of carbonyl (C=O) groups excluding carboxylic acids is 1. The van der Waals surface area contributed by atoms with Gasteiger partial charge < -0.3 is 9.47 Å². The molecule has 0 saturated heterocycles. The summed E-state index contributed by atoms with van der Waals surface area (Å²) in [7, 11) is 1.00. The Morgan fingerprint density at radius 3 is 2.21 bits per heavy atom. The Labute approximate surface area is 114 Å². The highest BCUT2D eigenvalue weighted by atomic mass is 31.1. The van der Waals surface area contributed by atoms with Crippen molar-refractivity contribution in [2.45, 2.75) is 20.3 Å². The van der Waals surface area contributed by atoms with Gasteiger partial charge in [-0.2, -0.15) is 0 Å². The molecular formula is C14H20O4P+. The molecule has 2 unspecified atom stereocenters. The molecule has 19 heavy (non-hydrogen) atoms. The lowest BCUT2D eigenvalue weighted by Crippen LogP contribution is -2.05. The van der Waals surface area contributed by atoms with Crippen molar-refractivity contribution < 1.29 is 18.8 Å². The Morgan fingerprint density at radius 2 is 1.79 bits per heavy atom. The molecule has 1 aromatic rings. The number of methoxy groups -OCH3 is 2. The molecule has 0 saturated carbocycles. The molecule has 1 rings (SSSR count). The van der Waals surface area contributed by atoms with Crippen molar-refractivity contribution >= 4 is 13.3 Å². The summed E-state index contributed by atoms with van der Waals surface area (Å²) in [6, 6.07) is 5.07. The number of benzene rings is 1. The van der Waals surface area contributed by atoms with Crippen molar-refractivity contribution in [2.75, 3.05) is 20.4 Å². The fourth-order valence-electron chi connectivity index (χ4n) is 1.68. The van der Waals surface area contributed by atoms with E-state index in [9.17, 15) is 9.36 Å². The third-order valence-electron chi connectivity index (χ3n) is 3.04. The van der Waals surface area contributed by atoms with Crippen LogP contribution in [0.2, 0.25) is 0 Å². The van der Waals surface area contributed by atoms with E-state index in [2.05, 4.69) is 0 Å². The molecule has 104 valence electrons. The first kappa shape index (κ1) is 15.6. The Morgan fingerprint density at radius 1 is 1.26 bits per heavy atom. The summed E-state index contributed by atoms with van der Waals surface area (Å²) in [5.74, 6) is 1.06. The van der Waals surface area contributed by atoms with Gasteiger partial charge in [-0.15, -0.1) is 0 Å². The topological polar surface area (TPSA) is 52.6 Å². The lowest BCUT2D eigenvalue weighted by atomic mass is 10.2. The Balaban J connectivity index is 3.07. The molecule has 0 aliphatic carbocycles. The predicted octanol–water partition coefficient (Wildman–Crippen LogP) is 3.72. The average Bonchev–Trinajstić information content (AvgIpc) is 2.44. The van der Waals surface area contributed by atoms with Crippen LogP contribution in [0.3, 0.4) is 0 Å². The molecule has 0 fully saturated rings. The lowest BCUT2D eigenvalue weighted by molar-refractivity contribution is 0.107. The Bertz CT molecular complexity index is 448. The van der Waals surface area contributed by atoms with E-state index in [1.165, 1.54) is 14.2 Å². The first-order chi connectivity index (χ1) is 9.04. The van der Waals surface area contributed by atoms with E-state index >= 15 is 0 Å². The molecule has 0 heterocycles. The molecule has 0 aliphatic rings. The molecule has 0 N–H and O–H groups in total. The maximum absolute atomic E-state index is 12.3. The molecule has 0 amide bonds. The number of ether oxygens (including phenoxy) is 2. The SMILES string of the molecule is CCC(C)C[P+](=O)C(=O)c1c(OC)cccc1OC. The minimum atomic E-state index is -1.96. The summed E-state index contributed by atoms with van der Waals surface area (Å²) in [5.41, 5.74) is -0.124. The van der Waals surface area contributed by atoms with Gasteiger partial charge in [0.25, 0.3) is 0 Å². The third kappa shape index (κ3) is 3.77. The van der Waals surface area contributed by atoms with Gasteiger partial charge in [-0.05, 0) is 18.6 Å². The molecule has 5 heteroatoms. The average molecular weight is 283 g/mol. The zero-order valence-corrected chi connectivity index (χ0v) is 12.7. The smallest absolute Gasteiger partial charge is 0.420 e. The Hall–Kier alpha value is -1.41. The highest BCUT2D eigenvalue weighted by molar-refractivity contribution is 7.64. The maximum atomic E-state index is 12.3. The van der Waals surface area contributed by atoms with E-state index in [-0.39, 0.29) is 11.5 Å². The summed E-state index contributed by atoms with van der Waals surface area (Å²) in [6.07, 6.45) is 1.29. The van der Waals surface area contributed by atoms with Gasteiger partial charge >= 0.3 is 13.3 Å². The second-order valence-electron chi connectivity index (χ2n) is 4.42. The van der Waals surface area contributed by atoms with E-state index < -0.39 is 13.3 Å². The monoisotopic (exact) mass is 283 g/mol. The van der Waals surface area contributed by atoms with Crippen LogP contribution in [-0.4, -0.2) is 25.9 Å². The van der Waals surface area contributed by atoms with E-state index in [4.69, 9.17) is 9.47 Å². The van der Waals surface area contributed by atoms with Crippen LogP contribution < -0.4 is 9.47 Å². The van der Waals surface area contributed by atoms with Gasteiger partial charge in [0.15, 0.2) is 11.7 Å². The molecule has 0 spiro atoms. The summed E-state index contributed by atoms with van der Waals surface area (Å²) >= 11 is 0. The molecule has 0 aromatic heterocycles. The zero-order chi connectivity index (χ0) is 14.4. The summed E-state index contributed by atoms with van der Waals surface area (Å²) in [5, 5.41) is 0. The molecule has 0 bridgehead atoms. The minimum Gasteiger partial charge on any atom is -0.496 e. The van der Waals surface area contributed by atoms with Gasteiger partial charge in [0, 0.05) is 5.92 Å². The predicted molar refractivity (Wildman–Crippen MR) is 75.8 cm³/mol. The van der Waals surface area contributed by atoms with Crippen LogP contribution in [0.15, 0.2) is 18.2 Å². The van der Waals surface area contributed by atoms with Gasteiger partial charge in [-0.25, -0.2) is 4.79 Å². The van der Waals surface area contributed by atoms with E-state index in [1.54, 1.807) is 18.2 Å². The number of hydrogen-bond donors (Lipinski definition) is 0. The van der Waals surface area contributed by atoms with Gasteiger partial charge in [0.05, 0.1) is 14.2 Å². The van der Waals surface area contributed by atoms with Crippen LogP contribution in [0, 0.1) is 5.92 Å². The largest absolute Gasteiger partial charge is 0.496 e. The van der Waals surface area contributed by atoms with Crippen LogP contribution >= 0.6 is 7.80 Å². The number of rotatable bonds is 7. The van der Waals surface area contributed by atoms with Crippen molar-refractivity contribution in [3.05, 3.63) is 23.8 Å². The van der Waals surface area contributed by atoms with E-state index in [0.717, 1.165) is 6.42 Å². The van der Waals surface area contributed by atoms with Crippen molar-refractivity contribution in [2.24, 2.45) is 5.92 Å². The summed E-state index contributed by atoms with van der Waals surface area (Å²) in [6.45, 7) is 4.00. The fourth-order valence-corrected chi connectivity index (χ4v) is 3.14. The molecule has 0 radical (unpaired) electrons. The number of hydrogen-bond acceptors (Lipinski definition) is 4. The lowest BCUT2D eigenvalue weighted by Gasteiger charge is -2.08. The van der Waals surface area contributed by atoms with Gasteiger partial charge in [-0.3, -0.25) is 0 Å².